The van der Waals surface area contributed by atoms with Gasteiger partial charge in [0.2, 0.25) is 0 Å². The maximum absolute atomic E-state index is 12.5. The van der Waals surface area contributed by atoms with Gasteiger partial charge >= 0.3 is 12.6 Å². The summed E-state index contributed by atoms with van der Waals surface area (Å²) in [7, 11) is 0. The summed E-state index contributed by atoms with van der Waals surface area (Å²) in [6.45, 7) is 8.79. The third-order valence-electron chi connectivity index (χ3n) is 6.39. The Balaban J connectivity index is 1.56. The monoisotopic (exact) mass is 620 g/mol. The number of fused-ring (bicyclic) bond motifs is 1. The second kappa shape index (κ2) is 13.1. The first-order chi connectivity index (χ1) is 19.8. The van der Waals surface area contributed by atoms with Gasteiger partial charge in [-0.25, -0.2) is 20.0 Å². The highest BCUT2D eigenvalue weighted by Crippen LogP contribution is 2.47. The van der Waals surface area contributed by atoms with Crippen molar-refractivity contribution in [1.82, 2.24) is 24.6 Å². The Hall–Kier alpha value is -2.97. The Kier molecular flexibility index (Phi) is 9.99. The molecule has 13 nitrogen and oxygen atoms in total. The number of anilines is 1. The highest BCUT2D eigenvalue weighted by atomic mass is 32.5. The van der Waals surface area contributed by atoms with Crippen molar-refractivity contribution in [3.8, 4) is 5.75 Å². The topological polar surface area (TPSA) is 162 Å². The van der Waals surface area contributed by atoms with Crippen molar-refractivity contribution >= 4 is 41.4 Å². The maximum atomic E-state index is 12.5. The molecule has 0 bridgehead atoms. The van der Waals surface area contributed by atoms with Crippen molar-refractivity contribution < 1.29 is 33.5 Å². The molecule has 2 aromatic heterocycles. The first kappa shape index (κ1) is 32.0. The molecule has 0 aliphatic carbocycles. The molecule has 1 fully saturated rings. The first-order valence-corrected chi connectivity index (χ1v) is 16.1. The predicted molar refractivity (Wildman–Crippen MR) is 160 cm³/mol. The number of hydrogen-bond donors (Lipinski definition) is 4. The van der Waals surface area contributed by atoms with Crippen molar-refractivity contribution in [3.05, 3.63) is 55.1 Å². The summed E-state index contributed by atoms with van der Waals surface area (Å²) >= 11 is 5.76. The van der Waals surface area contributed by atoms with Gasteiger partial charge in [0.15, 0.2) is 23.2 Å². The number of rotatable bonds is 13. The Morgan fingerprint density at radius 2 is 2.02 bits per heavy atom. The molecular formula is C27H37N6O7PS. The lowest BCUT2D eigenvalue weighted by atomic mass is 9.96. The SMILES string of the molecule is C=CCNc1nc(C)nc2c1ncn2[C@@H]1O[C@H](COP(=S)(NC(C)C(=O)OC(C)C)Oc2ccccc2)[C@@H](O)[C@@]1(C)O. The summed E-state index contributed by atoms with van der Waals surface area (Å²) in [6, 6.07) is 7.93. The van der Waals surface area contributed by atoms with Gasteiger partial charge in [-0.3, -0.25) is 9.36 Å². The molecule has 4 N–H and O–H groups in total. The van der Waals surface area contributed by atoms with E-state index in [2.05, 4.69) is 31.9 Å². The van der Waals surface area contributed by atoms with E-state index in [1.807, 2.05) is 6.07 Å². The summed E-state index contributed by atoms with van der Waals surface area (Å²) in [5.41, 5.74) is -0.890. The smallest absolute Gasteiger partial charge is 0.323 e. The van der Waals surface area contributed by atoms with Crippen molar-refractivity contribution in [3.63, 3.8) is 0 Å². The number of para-hydroxylation sites is 1. The van der Waals surface area contributed by atoms with E-state index in [0.717, 1.165) is 0 Å². The lowest BCUT2D eigenvalue weighted by Crippen LogP contribution is -2.44. The molecule has 15 heteroatoms. The molecule has 6 atom stereocenters. The fourth-order valence-corrected chi connectivity index (χ4v) is 6.79. The highest BCUT2D eigenvalue weighted by molar-refractivity contribution is 8.09. The van der Waals surface area contributed by atoms with E-state index in [1.54, 1.807) is 62.6 Å². The van der Waals surface area contributed by atoms with Gasteiger partial charge in [0.05, 0.1) is 19.0 Å². The molecule has 0 radical (unpaired) electrons. The molecular weight excluding hydrogens is 583 g/mol. The zero-order valence-corrected chi connectivity index (χ0v) is 25.8. The number of aromatic nitrogens is 4. The molecule has 3 heterocycles. The fourth-order valence-electron chi connectivity index (χ4n) is 4.37. The third kappa shape index (κ3) is 7.14. The number of aryl methyl sites for hydroxylation is 1. The van der Waals surface area contributed by atoms with Crippen LogP contribution in [0.25, 0.3) is 11.2 Å². The Morgan fingerprint density at radius 1 is 1.31 bits per heavy atom. The van der Waals surface area contributed by atoms with Crippen LogP contribution in [0.4, 0.5) is 5.82 Å². The minimum Gasteiger partial charge on any atom is -0.462 e. The fraction of sp³-hybridized carbons (Fsp3) is 0.481. The van der Waals surface area contributed by atoms with E-state index in [9.17, 15) is 15.0 Å². The highest BCUT2D eigenvalue weighted by Gasteiger charge is 2.54. The molecule has 228 valence electrons. The zero-order valence-electron chi connectivity index (χ0n) is 24.1. The first-order valence-electron chi connectivity index (χ1n) is 13.4. The van der Waals surface area contributed by atoms with Gasteiger partial charge in [-0.2, -0.15) is 0 Å². The average Bonchev–Trinajstić information content (AvgIpc) is 3.43. The molecule has 2 unspecified atom stereocenters. The number of nitrogens with zero attached hydrogens (tertiary/aromatic N) is 4. The summed E-state index contributed by atoms with van der Waals surface area (Å²) in [5.74, 6) is 0.884. The van der Waals surface area contributed by atoms with Gasteiger partial charge in [-0.05, 0) is 58.6 Å². The predicted octanol–water partition coefficient (Wildman–Crippen LogP) is 2.99. The van der Waals surface area contributed by atoms with Crippen LogP contribution in [0.5, 0.6) is 5.75 Å². The van der Waals surface area contributed by atoms with Crippen LogP contribution in [0.1, 0.15) is 39.7 Å². The van der Waals surface area contributed by atoms with Crippen LogP contribution < -0.4 is 14.9 Å². The van der Waals surface area contributed by atoms with Gasteiger partial charge in [0, 0.05) is 6.54 Å². The van der Waals surface area contributed by atoms with E-state index in [1.165, 1.54) is 13.3 Å². The number of aliphatic hydroxyl groups excluding tert-OH is 1. The van der Waals surface area contributed by atoms with E-state index in [-0.39, 0.29) is 12.7 Å². The van der Waals surface area contributed by atoms with Crippen LogP contribution >= 0.6 is 6.64 Å². The number of imidazole rings is 1. The summed E-state index contributed by atoms with van der Waals surface area (Å²) in [5, 5.41) is 28.6. The Bertz CT molecular complexity index is 1450. The number of carbonyl (C=O) groups excluding carboxylic acids is 1. The third-order valence-corrected chi connectivity index (χ3v) is 8.89. The van der Waals surface area contributed by atoms with Crippen molar-refractivity contribution in [1.29, 1.82) is 0 Å². The van der Waals surface area contributed by atoms with Crippen molar-refractivity contribution in [2.75, 3.05) is 18.5 Å². The summed E-state index contributed by atoms with van der Waals surface area (Å²) in [6.07, 6.45) is -0.639. The van der Waals surface area contributed by atoms with Crippen molar-refractivity contribution in [2.45, 2.75) is 70.8 Å². The van der Waals surface area contributed by atoms with Crippen LogP contribution in [-0.4, -0.2) is 78.8 Å². The quantitative estimate of drug-likeness (QED) is 0.125. The molecule has 4 rings (SSSR count). The van der Waals surface area contributed by atoms with Gasteiger partial charge in [-0.1, -0.05) is 24.3 Å². The minimum atomic E-state index is -3.40. The van der Waals surface area contributed by atoms with Crippen LogP contribution in [-0.2, 0) is 30.6 Å². The van der Waals surface area contributed by atoms with E-state index in [4.69, 9.17) is 30.3 Å². The van der Waals surface area contributed by atoms with Gasteiger partial charge in [0.1, 0.15) is 35.4 Å². The average molecular weight is 621 g/mol. The molecule has 1 aliphatic rings. The van der Waals surface area contributed by atoms with Crippen LogP contribution in [0.3, 0.4) is 0 Å². The summed E-state index contributed by atoms with van der Waals surface area (Å²) in [4.78, 5) is 25.9. The lowest BCUT2D eigenvalue weighted by Gasteiger charge is -2.28. The number of ether oxygens (including phenoxy) is 2. The van der Waals surface area contributed by atoms with Gasteiger partial charge in [-0.15, -0.1) is 6.58 Å². The molecule has 0 spiro atoms. The number of aliphatic hydroxyl groups is 2. The number of benzene rings is 1. The zero-order chi connectivity index (χ0) is 30.7. The second-order valence-electron chi connectivity index (χ2n) is 10.3. The molecule has 3 aromatic rings. The van der Waals surface area contributed by atoms with Gasteiger partial charge < -0.3 is 34.1 Å². The molecule has 1 aliphatic heterocycles. The van der Waals surface area contributed by atoms with E-state index in [0.29, 0.717) is 35.1 Å². The van der Waals surface area contributed by atoms with Crippen LogP contribution in [0.2, 0.25) is 0 Å². The van der Waals surface area contributed by atoms with Crippen LogP contribution in [0.15, 0.2) is 49.3 Å². The second-order valence-corrected chi connectivity index (χ2v) is 13.5. The lowest BCUT2D eigenvalue weighted by molar-refractivity contribution is -0.149. The summed E-state index contributed by atoms with van der Waals surface area (Å²) < 4.78 is 25.1. The van der Waals surface area contributed by atoms with E-state index < -0.39 is 42.7 Å². The Labute approximate surface area is 249 Å². The minimum absolute atomic E-state index is 0.260. The normalized spacial score (nSPS) is 24.3. The molecule has 1 saturated heterocycles. The number of esters is 1. The number of carbonyl (C=O) groups is 1. The van der Waals surface area contributed by atoms with E-state index >= 15 is 0 Å². The molecule has 0 saturated carbocycles. The molecule has 42 heavy (non-hydrogen) atoms. The number of hydrogen-bond acceptors (Lipinski definition) is 12. The molecule has 1 aromatic carbocycles. The maximum Gasteiger partial charge on any atom is 0.323 e. The number of nitrogens with one attached hydrogen (secondary N) is 2. The van der Waals surface area contributed by atoms with Crippen LogP contribution in [0, 0.1) is 6.92 Å². The standard InChI is InChI=1S/C27H37N6O7PS/c1-7-13-28-23-21-24(31-18(5)30-23)33(15-29-21)26-27(6,36)22(34)20(39-26)14-37-41(42,40-19-11-9-8-10-12-19)32-17(4)25(35)38-16(2)3/h7-12,15-17,20,22,26,34,36H,1,13-14H2,2-6H3,(H,32,42)(H,28,30,31)/t17?,20-,22-,26-,27-,41?/m1/s1. The van der Waals surface area contributed by atoms with Crippen molar-refractivity contribution in [2.24, 2.45) is 0 Å². The molecule has 0 amide bonds. The van der Waals surface area contributed by atoms with Gasteiger partial charge in [0.25, 0.3) is 0 Å². The largest absolute Gasteiger partial charge is 0.462 e. The Morgan fingerprint density at radius 3 is 2.69 bits per heavy atom.